The van der Waals surface area contributed by atoms with Gasteiger partial charge in [-0.1, -0.05) is 17.7 Å². The third-order valence-corrected chi connectivity index (χ3v) is 6.10. The second kappa shape index (κ2) is 7.79. The van der Waals surface area contributed by atoms with Crippen LogP contribution >= 0.6 is 11.6 Å². The van der Waals surface area contributed by atoms with Gasteiger partial charge in [0.2, 0.25) is 0 Å². The minimum atomic E-state index is -1.40. The quantitative estimate of drug-likeness (QED) is 0.505. The number of benzene rings is 3. The average molecular weight is 474 g/mol. The molecule has 2 atom stereocenters. The van der Waals surface area contributed by atoms with Crippen molar-refractivity contribution >= 4 is 34.9 Å². The number of halogens is 4. The lowest BCUT2D eigenvalue weighted by molar-refractivity contribution is 0.0960. The van der Waals surface area contributed by atoms with E-state index in [1.165, 1.54) is 24.3 Å². The highest BCUT2D eigenvalue weighted by Gasteiger charge is 2.37. The normalized spacial score (nSPS) is 18.7. The highest BCUT2D eigenvalue weighted by Crippen LogP contribution is 2.41. The van der Waals surface area contributed by atoms with E-state index in [0.717, 1.165) is 11.0 Å². The van der Waals surface area contributed by atoms with Gasteiger partial charge in [0.25, 0.3) is 5.91 Å². The molecular weight excluding hydrogens is 459 g/mol. The van der Waals surface area contributed by atoms with Gasteiger partial charge in [0.15, 0.2) is 11.6 Å². The summed E-state index contributed by atoms with van der Waals surface area (Å²) in [5.41, 5.74) is 0.938. The Kier molecular flexibility index (Phi) is 5.02. The number of anilines is 2. The van der Waals surface area contributed by atoms with Crippen molar-refractivity contribution in [3.8, 4) is 0 Å². The van der Waals surface area contributed by atoms with Gasteiger partial charge in [-0.2, -0.15) is 0 Å². The molecule has 2 aliphatic rings. The van der Waals surface area contributed by atoms with Gasteiger partial charge >= 0.3 is 6.03 Å². The molecule has 0 saturated heterocycles. The molecule has 3 aromatic rings. The Hall–Kier alpha value is -3.56. The number of hydrogen-bond donors (Lipinski definition) is 3. The largest absolute Gasteiger partial charge is 0.386 e. The lowest BCUT2D eigenvalue weighted by Gasteiger charge is -2.21. The molecule has 3 aromatic carbocycles. The SMILES string of the molecule is O=C1N[C@@H](c2cc(F)ccc2Cl)c2c(NC(=O)N3C[C@H](O)c4c3ccc(F)c4F)cccc21. The van der Waals surface area contributed by atoms with Crippen LogP contribution in [0.5, 0.6) is 0 Å². The van der Waals surface area contributed by atoms with E-state index in [-0.39, 0.29) is 34.1 Å². The van der Waals surface area contributed by atoms with Gasteiger partial charge in [-0.05, 0) is 42.5 Å². The number of aliphatic hydroxyl groups excluding tert-OH is 1. The number of nitrogens with zero attached hydrogens (tertiary/aromatic N) is 1. The molecule has 10 heteroatoms. The fraction of sp³-hybridized carbons (Fsp3) is 0.130. The van der Waals surface area contributed by atoms with Crippen LogP contribution in [-0.2, 0) is 0 Å². The van der Waals surface area contributed by atoms with Gasteiger partial charge in [-0.25, -0.2) is 18.0 Å². The maximum absolute atomic E-state index is 14.2. The van der Waals surface area contributed by atoms with Gasteiger partial charge in [0.05, 0.1) is 18.3 Å². The summed E-state index contributed by atoms with van der Waals surface area (Å²) >= 11 is 6.24. The van der Waals surface area contributed by atoms with Crippen LogP contribution in [0, 0.1) is 17.5 Å². The molecule has 3 N–H and O–H groups in total. The van der Waals surface area contributed by atoms with E-state index < -0.39 is 41.5 Å². The van der Waals surface area contributed by atoms with Crippen LogP contribution in [0.3, 0.4) is 0 Å². The summed E-state index contributed by atoms with van der Waals surface area (Å²) < 4.78 is 41.7. The number of urea groups is 1. The molecule has 0 saturated carbocycles. The van der Waals surface area contributed by atoms with Gasteiger partial charge in [0, 0.05) is 33.0 Å². The van der Waals surface area contributed by atoms with E-state index in [1.807, 2.05) is 0 Å². The molecule has 3 amide bonds. The third-order valence-electron chi connectivity index (χ3n) is 5.76. The van der Waals surface area contributed by atoms with Crippen LogP contribution in [-0.4, -0.2) is 23.6 Å². The zero-order chi connectivity index (χ0) is 23.4. The zero-order valence-corrected chi connectivity index (χ0v) is 17.5. The molecule has 0 fully saturated rings. The van der Waals surface area contributed by atoms with Crippen LogP contribution < -0.4 is 15.5 Å². The Morgan fingerprint density at radius 3 is 2.70 bits per heavy atom. The topological polar surface area (TPSA) is 81.7 Å². The second-order valence-corrected chi connectivity index (χ2v) is 8.10. The minimum absolute atomic E-state index is 0.0328. The predicted molar refractivity (Wildman–Crippen MR) is 115 cm³/mol. The summed E-state index contributed by atoms with van der Waals surface area (Å²) in [7, 11) is 0. The van der Waals surface area contributed by atoms with Crippen LogP contribution in [0.4, 0.5) is 29.3 Å². The molecule has 0 bridgehead atoms. The first kappa shape index (κ1) is 21.3. The number of nitrogens with one attached hydrogen (secondary N) is 2. The zero-order valence-electron chi connectivity index (χ0n) is 16.7. The van der Waals surface area contributed by atoms with Gasteiger partial charge in [-0.15, -0.1) is 0 Å². The molecule has 6 nitrogen and oxygen atoms in total. The molecule has 33 heavy (non-hydrogen) atoms. The number of rotatable bonds is 2. The molecule has 0 spiro atoms. The second-order valence-electron chi connectivity index (χ2n) is 7.69. The standard InChI is InChI=1S/C23H15ClF3N3O3/c24-13-5-4-10(25)8-12(13)21-18-11(22(32)29-21)2-1-3-15(18)28-23(33)30-9-17(31)19-16(30)7-6-14(26)20(19)27/h1-8,17,21,31H,9H2,(H,28,33)(H,29,32)/t17-,21-/m0/s1. The number of carbonyl (C=O) groups excluding carboxylic acids is 2. The lowest BCUT2D eigenvalue weighted by Crippen LogP contribution is -2.34. The molecule has 5 rings (SSSR count). The van der Waals surface area contributed by atoms with E-state index >= 15 is 0 Å². The number of hydrogen-bond acceptors (Lipinski definition) is 3. The van der Waals surface area contributed by atoms with E-state index in [4.69, 9.17) is 11.6 Å². The summed E-state index contributed by atoms with van der Waals surface area (Å²) in [5.74, 6) is -3.32. The Labute approximate surface area is 190 Å². The van der Waals surface area contributed by atoms with Crippen molar-refractivity contribution in [3.63, 3.8) is 0 Å². The fourth-order valence-electron chi connectivity index (χ4n) is 4.28. The van der Waals surface area contributed by atoms with Gasteiger partial charge in [0.1, 0.15) is 11.9 Å². The molecule has 0 aliphatic carbocycles. The Morgan fingerprint density at radius 2 is 1.91 bits per heavy atom. The monoisotopic (exact) mass is 473 g/mol. The molecule has 0 radical (unpaired) electrons. The number of amides is 3. The highest BCUT2D eigenvalue weighted by atomic mass is 35.5. The average Bonchev–Trinajstić information content (AvgIpc) is 3.30. The first-order valence-corrected chi connectivity index (χ1v) is 10.3. The first-order chi connectivity index (χ1) is 15.8. The van der Waals surface area contributed by atoms with E-state index in [2.05, 4.69) is 10.6 Å². The highest BCUT2D eigenvalue weighted by molar-refractivity contribution is 6.31. The minimum Gasteiger partial charge on any atom is -0.386 e. The maximum Gasteiger partial charge on any atom is 0.326 e. The van der Waals surface area contributed by atoms with Crippen molar-refractivity contribution < 1.29 is 27.9 Å². The summed E-state index contributed by atoms with van der Waals surface area (Å²) in [5, 5.41) is 15.8. The molecule has 0 unspecified atom stereocenters. The van der Waals surface area contributed by atoms with Gasteiger partial charge in [-0.3, -0.25) is 9.69 Å². The van der Waals surface area contributed by atoms with Crippen LogP contribution in [0.2, 0.25) is 5.02 Å². The summed E-state index contributed by atoms with van der Waals surface area (Å²) in [4.78, 5) is 26.7. The number of fused-ring (bicyclic) bond motifs is 2. The fourth-order valence-corrected chi connectivity index (χ4v) is 4.51. The lowest BCUT2D eigenvalue weighted by atomic mass is 9.96. The van der Waals surface area contributed by atoms with Crippen LogP contribution in [0.1, 0.15) is 39.2 Å². The summed E-state index contributed by atoms with van der Waals surface area (Å²) in [6.45, 7) is -0.285. The van der Waals surface area contributed by atoms with E-state index in [0.29, 0.717) is 11.1 Å². The summed E-state index contributed by atoms with van der Waals surface area (Å²) in [6.07, 6.45) is -1.40. The Bertz CT molecular complexity index is 1330. The van der Waals surface area contributed by atoms with Crippen molar-refractivity contribution in [2.75, 3.05) is 16.8 Å². The Balaban J connectivity index is 1.52. The van der Waals surface area contributed by atoms with E-state index in [1.54, 1.807) is 18.2 Å². The molecule has 2 aliphatic heterocycles. The molecular formula is C23H15ClF3N3O3. The third kappa shape index (κ3) is 3.40. The molecule has 2 heterocycles. The number of aliphatic hydroxyl groups is 1. The van der Waals surface area contributed by atoms with Crippen molar-refractivity contribution in [3.05, 3.63) is 93.3 Å². The van der Waals surface area contributed by atoms with Crippen molar-refractivity contribution in [2.45, 2.75) is 12.1 Å². The van der Waals surface area contributed by atoms with Crippen LogP contribution in [0.25, 0.3) is 0 Å². The van der Waals surface area contributed by atoms with E-state index in [9.17, 15) is 27.9 Å². The Morgan fingerprint density at radius 1 is 1.12 bits per heavy atom. The van der Waals surface area contributed by atoms with Crippen molar-refractivity contribution in [1.29, 1.82) is 0 Å². The summed E-state index contributed by atoms with van der Waals surface area (Å²) in [6, 6.07) is 8.96. The first-order valence-electron chi connectivity index (χ1n) is 9.89. The number of β-amino-alcohol motifs (C(OH)–C–C–N with tert-alkyl or cyclic N) is 1. The molecule has 168 valence electrons. The smallest absolute Gasteiger partial charge is 0.326 e. The number of carbonyl (C=O) groups is 2. The van der Waals surface area contributed by atoms with Crippen molar-refractivity contribution in [1.82, 2.24) is 5.32 Å². The van der Waals surface area contributed by atoms with Crippen molar-refractivity contribution in [2.24, 2.45) is 0 Å². The predicted octanol–water partition coefficient (Wildman–Crippen LogP) is 4.68. The van der Waals surface area contributed by atoms with Crippen LogP contribution in [0.15, 0.2) is 48.5 Å². The maximum atomic E-state index is 14.2. The molecule has 0 aromatic heterocycles. The van der Waals surface area contributed by atoms with Gasteiger partial charge < -0.3 is 15.7 Å².